The van der Waals surface area contributed by atoms with E-state index in [1.807, 2.05) is 25.1 Å². The highest BCUT2D eigenvalue weighted by molar-refractivity contribution is 7.89. The molecule has 1 atom stereocenters. The highest BCUT2D eigenvalue weighted by Gasteiger charge is 2.10. The molecule has 0 saturated heterocycles. The van der Waals surface area contributed by atoms with Crippen molar-refractivity contribution < 1.29 is 13.2 Å². The van der Waals surface area contributed by atoms with Gasteiger partial charge >= 0.3 is 0 Å². The van der Waals surface area contributed by atoms with Gasteiger partial charge in [0.25, 0.3) is 0 Å². The van der Waals surface area contributed by atoms with Crippen molar-refractivity contribution in [3.05, 3.63) is 59.2 Å². The van der Waals surface area contributed by atoms with Crippen molar-refractivity contribution >= 4 is 16.0 Å². The molecule has 0 saturated carbocycles. The number of nitrogens with one attached hydrogen (secondary N) is 2. The number of hydrogen-bond donors (Lipinski definition) is 3. The Morgan fingerprint density at radius 1 is 1.17 bits per heavy atom. The van der Waals surface area contributed by atoms with Gasteiger partial charge in [0.05, 0.1) is 11.0 Å². The summed E-state index contributed by atoms with van der Waals surface area (Å²) in [6.07, 6.45) is 1.07. The van der Waals surface area contributed by atoms with Crippen molar-refractivity contribution in [2.45, 2.75) is 51.3 Å². The van der Waals surface area contributed by atoms with Crippen molar-refractivity contribution in [1.82, 2.24) is 10.6 Å². The van der Waals surface area contributed by atoms with E-state index in [0.29, 0.717) is 19.0 Å². The van der Waals surface area contributed by atoms with Gasteiger partial charge in [-0.15, -0.1) is 0 Å². The number of guanidine groups is 1. The van der Waals surface area contributed by atoms with Crippen molar-refractivity contribution in [3.8, 4) is 5.75 Å². The molecule has 0 aromatic heterocycles. The van der Waals surface area contributed by atoms with Crippen LogP contribution in [0.4, 0.5) is 0 Å². The largest absolute Gasteiger partial charge is 0.490 e. The van der Waals surface area contributed by atoms with Crippen LogP contribution in [-0.2, 0) is 23.1 Å². The fourth-order valence-corrected chi connectivity index (χ4v) is 3.22. The van der Waals surface area contributed by atoms with Crippen LogP contribution in [0.2, 0.25) is 0 Å². The fourth-order valence-electron chi connectivity index (χ4n) is 2.64. The van der Waals surface area contributed by atoms with E-state index >= 15 is 0 Å². The smallest absolute Gasteiger partial charge is 0.238 e. The van der Waals surface area contributed by atoms with Crippen LogP contribution in [0.5, 0.6) is 5.75 Å². The van der Waals surface area contributed by atoms with E-state index in [9.17, 15) is 8.42 Å². The summed E-state index contributed by atoms with van der Waals surface area (Å²) < 4.78 is 29.1. The zero-order valence-electron chi connectivity index (χ0n) is 17.4. The summed E-state index contributed by atoms with van der Waals surface area (Å²) in [4.78, 5) is 4.31. The molecular formula is C21H30N4O3S. The molecule has 0 bridgehead atoms. The summed E-state index contributed by atoms with van der Waals surface area (Å²) in [5.74, 6) is 1.46. The van der Waals surface area contributed by atoms with E-state index in [1.54, 1.807) is 19.2 Å². The third-order valence-corrected chi connectivity index (χ3v) is 5.39. The van der Waals surface area contributed by atoms with Crippen molar-refractivity contribution in [1.29, 1.82) is 0 Å². The van der Waals surface area contributed by atoms with E-state index in [2.05, 4.69) is 35.5 Å². The fraction of sp³-hybridized carbons (Fsp3) is 0.381. The minimum absolute atomic E-state index is 0.0891. The molecule has 0 radical (unpaired) electrons. The number of primary sulfonamides is 1. The summed E-state index contributed by atoms with van der Waals surface area (Å²) in [5, 5.41) is 11.6. The number of rotatable bonds is 8. The van der Waals surface area contributed by atoms with Crippen LogP contribution < -0.4 is 20.5 Å². The number of aliphatic imine (C=N–C) groups is 1. The second-order valence-electron chi connectivity index (χ2n) is 6.92. The van der Waals surface area contributed by atoms with Gasteiger partial charge in [0, 0.05) is 25.7 Å². The first-order chi connectivity index (χ1) is 13.7. The molecule has 0 amide bonds. The van der Waals surface area contributed by atoms with Gasteiger partial charge in [-0.2, -0.15) is 0 Å². The Morgan fingerprint density at radius 2 is 1.90 bits per heavy atom. The number of ether oxygens (including phenoxy) is 1. The van der Waals surface area contributed by atoms with Gasteiger partial charge in [-0.3, -0.25) is 4.99 Å². The zero-order chi connectivity index (χ0) is 21.4. The molecular weight excluding hydrogens is 388 g/mol. The Hall–Kier alpha value is -2.58. The molecule has 0 aliphatic carbocycles. The summed E-state index contributed by atoms with van der Waals surface area (Å²) in [6, 6.07) is 12.6. The highest BCUT2D eigenvalue weighted by atomic mass is 32.2. The summed E-state index contributed by atoms with van der Waals surface area (Å²) >= 11 is 0. The van der Waals surface area contributed by atoms with Crippen LogP contribution >= 0.6 is 0 Å². The number of aryl methyl sites for hydroxylation is 1. The van der Waals surface area contributed by atoms with E-state index in [-0.39, 0.29) is 11.0 Å². The lowest BCUT2D eigenvalue weighted by Gasteiger charge is -2.18. The molecule has 0 heterocycles. The molecule has 2 aromatic rings. The molecule has 7 nitrogen and oxygen atoms in total. The lowest BCUT2D eigenvalue weighted by molar-refractivity contribution is 0.215. The van der Waals surface area contributed by atoms with Crippen LogP contribution in [0.15, 0.2) is 52.4 Å². The van der Waals surface area contributed by atoms with E-state index in [4.69, 9.17) is 9.88 Å². The SMILES string of the molecule is CCC(C)Oc1cc(C)ccc1CNC(=NC)NCc1cccc(S(N)(=O)=O)c1. The average molecular weight is 419 g/mol. The number of nitrogens with zero attached hydrogens (tertiary/aromatic N) is 1. The lowest BCUT2D eigenvalue weighted by atomic mass is 10.1. The molecule has 0 spiro atoms. The molecule has 2 aromatic carbocycles. The van der Waals surface area contributed by atoms with Crippen LogP contribution in [0.3, 0.4) is 0 Å². The maximum absolute atomic E-state index is 11.5. The molecule has 0 aliphatic heterocycles. The maximum Gasteiger partial charge on any atom is 0.238 e. The molecule has 0 aliphatic rings. The standard InChI is InChI=1S/C21H30N4O3S/c1-5-16(3)28-20-11-15(2)9-10-18(20)14-25-21(23-4)24-13-17-7-6-8-19(12-17)29(22,26)27/h6-12,16H,5,13-14H2,1-4H3,(H2,22,26,27)(H2,23,24,25). The van der Waals surface area contributed by atoms with Gasteiger partial charge < -0.3 is 15.4 Å². The average Bonchev–Trinajstić information content (AvgIpc) is 2.68. The first kappa shape index (κ1) is 22.7. The van der Waals surface area contributed by atoms with Crippen molar-refractivity contribution in [2.75, 3.05) is 7.05 Å². The molecule has 1 unspecified atom stereocenters. The summed E-state index contributed by atoms with van der Waals surface area (Å²) in [6.45, 7) is 7.14. The Kier molecular flexibility index (Phi) is 8.04. The molecule has 2 rings (SSSR count). The Labute approximate surface area is 173 Å². The van der Waals surface area contributed by atoms with Gasteiger partial charge in [-0.1, -0.05) is 31.2 Å². The number of sulfonamides is 1. The van der Waals surface area contributed by atoms with Gasteiger partial charge in [0.2, 0.25) is 10.0 Å². The minimum atomic E-state index is -3.72. The summed E-state index contributed by atoms with van der Waals surface area (Å²) in [5.41, 5.74) is 2.97. The van der Waals surface area contributed by atoms with Crippen LogP contribution in [-0.4, -0.2) is 27.5 Å². The van der Waals surface area contributed by atoms with Crippen LogP contribution in [0, 0.1) is 6.92 Å². The summed E-state index contributed by atoms with van der Waals surface area (Å²) in [7, 11) is -2.04. The van der Waals surface area contributed by atoms with Crippen LogP contribution in [0.1, 0.15) is 37.0 Å². The van der Waals surface area contributed by atoms with Crippen molar-refractivity contribution in [3.63, 3.8) is 0 Å². The molecule has 158 valence electrons. The van der Waals surface area contributed by atoms with Gasteiger partial charge in [0.15, 0.2) is 5.96 Å². The van der Waals surface area contributed by atoms with Gasteiger partial charge in [0.1, 0.15) is 5.75 Å². The molecule has 29 heavy (non-hydrogen) atoms. The minimum Gasteiger partial charge on any atom is -0.490 e. The Bertz CT molecular complexity index is 958. The van der Waals surface area contributed by atoms with E-state index in [0.717, 1.165) is 28.9 Å². The monoisotopic (exact) mass is 418 g/mol. The number of nitrogens with two attached hydrogens (primary N) is 1. The third-order valence-electron chi connectivity index (χ3n) is 4.48. The predicted octanol–water partition coefficient (Wildman–Crippen LogP) is 2.68. The van der Waals surface area contributed by atoms with Gasteiger partial charge in [-0.05, 0) is 49.6 Å². The Balaban J connectivity index is 2.01. The molecule has 0 fully saturated rings. The van der Waals surface area contributed by atoms with Crippen molar-refractivity contribution in [2.24, 2.45) is 10.1 Å². The second-order valence-corrected chi connectivity index (χ2v) is 8.48. The van der Waals surface area contributed by atoms with E-state index in [1.165, 1.54) is 6.07 Å². The number of hydrogen-bond acceptors (Lipinski definition) is 4. The second kappa shape index (κ2) is 10.3. The Morgan fingerprint density at radius 3 is 2.55 bits per heavy atom. The van der Waals surface area contributed by atoms with Gasteiger partial charge in [-0.25, -0.2) is 13.6 Å². The molecule has 8 heteroatoms. The first-order valence-electron chi connectivity index (χ1n) is 9.55. The highest BCUT2D eigenvalue weighted by Crippen LogP contribution is 2.22. The topological polar surface area (TPSA) is 106 Å². The van der Waals surface area contributed by atoms with E-state index < -0.39 is 10.0 Å². The predicted molar refractivity (Wildman–Crippen MR) is 116 cm³/mol. The zero-order valence-corrected chi connectivity index (χ0v) is 18.2. The number of benzene rings is 2. The quantitative estimate of drug-likeness (QED) is 0.451. The first-order valence-corrected chi connectivity index (χ1v) is 11.1. The third kappa shape index (κ3) is 7.07. The normalized spacial score (nSPS) is 13.1. The lowest BCUT2D eigenvalue weighted by Crippen LogP contribution is -2.36. The molecule has 4 N–H and O–H groups in total. The maximum atomic E-state index is 11.5. The van der Waals surface area contributed by atoms with Crippen LogP contribution in [0.25, 0.3) is 0 Å².